The Morgan fingerprint density at radius 2 is 2.07 bits per heavy atom. The molecular weight excluding hydrogens is 204 g/mol. The first-order chi connectivity index (χ1) is 6.93. The van der Waals surface area contributed by atoms with Gasteiger partial charge in [-0.3, -0.25) is 14.4 Å². The Morgan fingerprint density at radius 1 is 1.40 bits per heavy atom. The SMILES string of the molecule is CC(=O)OCC1(OC(C)=O)COC(=O)C1. The van der Waals surface area contributed by atoms with Crippen LogP contribution in [0.15, 0.2) is 0 Å². The van der Waals surface area contributed by atoms with E-state index in [1.54, 1.807) is 0 Å². The summed E-state index contributed by atoms with van der Waals surface area (Å²) < 4.78 is 14.4. The zero-order valence-corrected chi connectivity index (χ0v) is 8.57. The van der Waals surface area contributed by atoms with Gasteiger partial charge in [0.25, 0.3) is 0 Å². The zero-order chi connectivity index (χ0) is 11.5. The molecule has 6 nitrogen and oxygen atoms in total. The van der Waals surface area contributed by atoms with Crippen LogP contribution in [0.4, 0.5) is 0 Å². The summed E-state index contributed by atoms with van der Waals surface area (Å²) in [5, 5.41) is 0. The lowest BCUT2D eigenvalue weighted by Crippen LogP contribution is -2.40. The minimum atomic E-state index is -1.14. The minimum Gasteiger partial charge on any atom is -0.461 e. The second-order valence-corrected chi connectivity index (χ2v) is 3.39. The molecule has 0 spiro atoms. The quantitative estimate of drug-likeness (QED) is 0.480. The average Bonchev–Trinajstić information content (AvgIpc) is 2.44. The van der Waals surface area contributed by atoms with E-state index in [1.165, 1.54) is 13.8 Å². The molecule has 0 amide bonds. The van der Waals surface area contributed by atoms with Gasteiger partial charge in [0.05, 0.1) is 6.42 Å². The summed E-state index contributed by atoms with van der Waals surface area (Å²) in [5.41, 5.74) is -1.14. The molecule has 0 aromatic carbocycles. The summed E-state index contributed by atoms with van der Waals surface area (Å²) in [7, 11) is 0. The van der Waals surface area contributed by atoms with Gasteiger partial charge >= 0.3 is 17.9 Å². The molecule has 15 heavy (non-hydrogen) atoms. The van der Waals surface area contributed by atoms with Crippen molar-refractivity contribution < 1.29 is 28.6 Å². The molecule has 6 heteroatoms. The second-order valence-electron chi connectivity index (χ2n) is 3.39. The molecule has 84 valence electrons. The maximum Gasteiger partial charge on any atom is 0.310 e. The first kappa shape index (κ1) is 11.5. The van der Waals surface area contributed by atoms with Crippen molar-refractivity contribution >= 4 is 17.9 Å². The van der Waals surface area contributed by atoms with Gasteiger partial charge < -0.3 is 14.2 Å². The maximum atomic E-state index is 10.9. The standard InChI is InChI=1S/C9H12O6/c1-6(10)13-4-9(15-7(2)11)3-8(12)14-5-9/h3-5H2,1-2H3. The molecule has 1 rings (SSSR count). The fraction of sp³-hybridized carbons (Fsp3) is 0.667. The van der Waals surface area contributed by atoms with Crippen LogP contribution in [0.3, 0.4) is 0 Å². The number of cyclic esters (lactones) is 1. The van der Waals surface area contributed by atoms with Crippen molar-refractivity contribution in [1.29, 1.82) is 0 Å². The zero-order valence-electron chi connectivity index (χ0n) is 8.57. The molecule has 0 saturated carbocycles. The Morgan fingerprint density at radius 3 is 2.47 bits per heavy atom. The normalized spacial score (nSPS) is 24.5. The van der Waals surface area contributed by atoms with E-state index in [-0.39, 0.29) is 19.6 Å². The molecule has 0 aliphatic carbocycles. The molecule has 1 saturated heterocycles. The van der Waals surface area contributed by atoms with E-state index >= 15 is 0 Å². The molecule has 0 N–H and O–H groups in total. The van der Waals surface area contributed by atoms with E-state index < -0.39 is 23.5 Å². The van der Waals surface area contributed by atoms with Crippen LogP contribution >= 0.6 is 0 Å². The number of rotatable bonds is 3. The van der Waals surface area contributed by atoms with Crippen LogP contribution in [-0.4, -0.2) is 36.7 Å². The highest BCUT2D eigenvalue weighted by Crippen LogP contribution is 2.25. The Balaban J connectivity index is 2.64. The monoisotopic (exact) mass is 216 g/mol. The van der Waals surface area contributed by atoms with Gasteiger partial charge in [-0.15, -0.1) is 0 Å². The first-order valence-corrected chi connectivity index (χ1v) is 4.42. The van der Waals surface area contributed by atoms with Crippen LogP contribution in [0.2, 0.25) is 0 Å². The number of carbonyl (C=O) groups is 3. The summed E-state index contributed by atoms with van der Waals surface area (Å²) in [6.45, 7) is 2.23. The number of ether oxygens (including phenoxy) is 3. The van der Waals surface area contributed by atoms with Gasteiger partial charge in [0.1, 0.15) is 13.2 Å². The van der Waals surface area contributed by atoms with Gasteiger partial charge in [0, 0.05) is 13.8 Å². The lowest BCUT2D eigenvalue weighted by molar-refractivity contribution is -0.169. The molecule has 1 unspecified atom stereocenters. The Kier molecular flexibility index (Phi) is 3.28. The number of hydrogen-bond donors (Lipinski definition) is 0. The lowest BCUT2D eigenvalue weighted by atomic mass is 10.0. The maximum absolute atomic E-state index is 10.9. The van der Waals surface area contributed by atoms with Crippen LogP contribution in [0, 0.1) is 0 Å². The van der Waals surface area contributed by atoms with E-state index in [4.69, 9.17) is 14.2 Å². The van der Waals surface area contributed by atoms with Gasteiger partial charge in [-0.05, 0) is 0 Å². The Bertz CT molecular complexity index is 297. The van der Waals surface area contributed by atoms with Crippen molar-refractivity contribution in [3.05, 3.63) is 0 Å². The third kappa shape index (κ3) is 3.23. The molecule has 1 aliphatic rings. The van der Waals surface area contributed by atoms with Crippen LogP contribution in [0.25, 0.3) is 0 Å². The van der Waals surface area contributed by atoms with Crippen LogP contribution in [-0.2, 0) is 28.6 Å². The third-order valence-corrected chi connectivity index (χ3v) is 1.86. The summed E-state index contributed by atoms with van der Waals surface area (Å²) in [5.74, 6) is -1.51. The molecule has 1 fully saturated rings. The predicted octanol–water partition coefficient (Wildman–Crippen LogP) is -0.202. The topological polar surface area (TPSA) is 78.9 Å². The Labute approximate surface area is 86.5 Å². The Hall–Kier alpha value is -1.59. The first-order valence-electron chi connectivity index (χ1n) is 4.42. The third-order valence-electron chi connectivity index (χ3n) is 1.86. The minimum absolute atomic E-state index is 0.0707. The fourth-order valence-electron chi connectivity index (χ4n) is 1.30. The smallest absolute Gasteiger partial charge is 0.310 e. The van der Waals surface area contributed by atoms with Crippen LogP contribution in [0.5, 0.6) is 0 Å². The second kappa shape index (κ2) is 4.29. The molecule has 1 aliphatic heterocycles. The van der Waals surface area contributed by atoms with E-state index in [0.29, 0.717) is 0 Å². The van der Waals surface area contributed by atoms with E-state index in [1.807, 2.05) is 0 Å². The number of hydrogen-bond acceptors (Lipinski definition) is 6. The van der Waals surface area contributed by atoms with E-state index in [9.17, 15) is 14.4 Å². The molecule has 0 bridgehead atoms. The van der Waals surface area contributed by atoms with Crippen molar-refractivity contribution in [2.45, 2.75) is 25.9 Å². The van der Waals surface area contributed by atoms with Gasteiger partial charge in [-0.2, -0.15) is 0 Å². The van der Waals surface area contributed by atoms with Gasteiger partial charge in [0.15, 0.2) is 5.60 Å². The summed E-state index contributed by atoms with van der Waals surface area (Å²) >= 11 is 0. The highest BCUT2D eigenvalue weighted by Gasteiger charge is 2.44. The molecule has 0 radical (unpaired) electrons. The number of esters is 3. The van der Waals surface area contributed by atoms with Gasteiger partial charge in [-0.25, -0.2) is 0 Å². The van der Waals surface area contributed by atoms with Crippen molar-refractivity contribution in [1.82, 2.24) is 0 Å². The van der Waals surface area contributed by atoms with Crippen LogP contribution in [0.1, 0.15) is 20.3 Å². The molecule has 0 aromatic rings. The van der Waals surface area contributed by atoms with Crippen molar-refractivity contribution in [2.75, 3.05) is 13.2 Å². The highest BCUT2D eigenvalue weighted by molar-refractivity contribution is 5.75. The fourth-order valence-corrected chi connectivity index (χ4v) is 1.30. The summed E-state index contributed by atoms with van der Waals surface area (Å²) in [4.78, 5) is 32.4. The van der Waals surface area contributed by atoms with E-state index in [0.717, 1.165) is 0 Å². The van der Waals surface area contributed by atoms with Crippen molar-refractivity contribution in [3.63, 3.8) is 0 Å². The van der Waals surface area contributed by atoms with Crippen molar-refractivity contribution in [2.24, 2.45) is 0 Å². The predicted molar refractivity (Wildman–Crippen MR) is 46.7 cm³/mol. The average molecular weight is 216 g/mol. The van der Waals surface area contributed by atoms with Gasteiger partial charge in [-0.1, -0.05) is 0 Å². The molecular formula is C9H12O6. The summed E-state index contributed by atoms with van der Waals surface area (Å²) in [6.07, 6.45) is -0.0835. The van der Waals surface area contributed by atoms with Crippen LogP contribution < -0.4 is 0 Å². The lowest BCUT2D eigenvalue weighted by Gasteiger charge is -2.24. The molecule has 1 heterocycles. The van der Waals surface area contributed by atoms with E-state index in [2.05, 4.69) is 0 Å². The summed E-state index contributed by atoms with van der Waals surface area (Å²) in [6, 6.07) is 0. The number of carbonyl (C=O) groups excluding carboxylic acids is 3. The van der Waals surface area contributed by atoms with Gasteiger partial charge in [0.2, 0.25) is 0 Å². The highest BCUT2D eigenvalue weighted by atomic mass is 16.6. The van der Waals surface area contributed by atoms with Crippen molar-refractivity contribution in [3.8, 4) is 0 Å². The molecule has 1 atom stereocenters. The largest absolute Gasteiger partial charge is 0.461 e. The molecule has 0 aromatic heterocycles.